The predicted octanol–water partition coefficient (Wildman–Crippen LogP) is 4.18. The van der Waals surface area contributed by atoms with Gasteiger partial charge < -0.3 is 9.52 Å². The molecule has 0 atom stereocenters. The van der Waals surface area contributed by atoms with Gasteiger partial charge in [-0.2, -0.15) is 0 Å². The summed E-state index contributed by atoms with van der Waals surface area (Å²) in [7, 11) is 0. The highest BCUT2D eigenvalue weighted by molar-refractivity contribution is 6.33. The lowest BCUT2D eigenvalue weighted by Crippen LogP contribution is -2.04. The van der Waals surface area contributed by atoms with Crippen molar-refractivity contribution in [3.8, 4) is 17.4 Å². The molecule has 116 valence electrons. The third kappa shape index (κ3) is 2.44. The van der Waals surface area contributed by atoms with E-state index in [1.165, 1.54) is 6.08 Å². The molecule has 0 radical (unpaired) electrons. The van der Waals surface area contributed by atoms with Gasteiger partial charge in [0.1, 0.15) is 5.69 Å². The van der Waals surface area contributed by atoms with Crippen molar-refractivity contribution in [2.45, 2.75) is 0 Å². The van der Waals surface area contributed by atoms with Gasteiger partial charge in [0.05, 0.1) is 0 Å². The zero-order valence-corrected chi connectivity index (χ0v) is 12.6. The van der Waals surface area contributed by atoms with E-state index in [1.54, 1.807) is 12.2 Å². The number of hydrogen-bond donors (Lipinski definition) is 1. The number of oxazole rings is 1. The Labute approximate surface area is 138 Å². The standard InChI is InChI=1S/C20H13NO3/c22-18-11-10-13-6-4-5-9-15(13)16(18)12-17-20(23)24-19(21-17)14-7-2-1-3-8-14/h1-12,23H/b16-12-. The maximum Gasteiger partial charge on any atom is 0.310 e. The van der Waals surface area contributed by atoms with Gasteiger partial charge in [-0.05, 0) is 35.4 Å². The molecule has 4 nitrogen and oxygen atoms in total. The minimum Gasteiger partial charge on any atom is -0.479 e. The third-order valence-corrected chi connectivity index (χ3v) is 3.87. The molecule has 0 saturated carbocycles. The number of aromatic hydroxyl groups is 1. The van der Waals surface area contributed by atoms with Crippen LogP contribution in [0.3, 0.4) is 0 Å². The Hall–Kier alpha value is -3.40. The molecule has 1 heterocycles. The first-order valence-corrected chi connectivity index (χ1v) is 7.51. The van der Waals surface area contributed by atoms with Crippen LogP contribution in [0.4, 0.5) is 0 Å². The molecule has 1 aliphatic rings. The summed E-state index contributed by atoms with van der Waals surface area (Å²) in [5.74, 6) is -0.120. The summed E-state index contributed by atoms with van der Waals surface area (Å²) >= 11 is 0. The normalized spacial score (nSPS) is 14.8. The van der Waals surface area contributed by atoms with Crippen LogP contribution in [0.15, 0.2) is 65.1 Å². The second-order valence-corrected chi connectivity index (χ2v) is 5.42. The summed E-state index contributed by atoms with van der Waals surface area (Å²) < 4.78 is 5.34. The highest BCUT2D eigenvalue weighted by Crippen LogP contribution is 2.32. The van der Waals surface area contributed by atoms with Crippen molar-refractivity contribution >= 4 is 23.5 Å². The Morgan fingerprint density at radius 2 is 1.71 bits per heavy atom. The van der Waals surface area contributed by atoms with Crippen LogP contribution in [-0.4, -0.2) is 15.9 Å². The first-order valence-electron chi connectivity index (χ1n) is 7.51. The Morgan fingerprint density at radius 1 is 0.958 bits per heavy atom. The van der Waals surface area contributed by atoms with E-state index in [2.05, 4.69) is 4.98 Å². The van der Waals surface area contributed by atoms with E-state index < -0.39 is 0 Å². The first-order chi connectivity index (χ1) is 11.7. The number of carbonyl (C=O) groups excluding carboxylic acids is 1. The smallest absolute Gasteiger partial charge is 0.310 e. The molecule has 24 heavy (non-hydrogen) atoms. The molecule has 0 bridgehead atoms. The Balaban J connectivity index is 1.80. The van der Waals surface area contributed by atoms with Gasteiger partial charge in [0.2, 0.25) is 5.89 Å². The summed E-state index contributed by atoms with van der Waals surface area (Å²) in [4.78, 5) is 16.6. The van der Waals surface area contributed by atoms with Gasteiger partial charge in [-0.25, -0.2) is 4.98 Å². The molecule has 4 heteroatoms. The first kappa shape index (κ1) is 14.2. The molecule has 4 rings (SSSR count). The number of benzene rings is 2. The summed E-state index contributed by atoms with van der Waals surface area (Å²) in [5.41, 5.74) is 3.25. The number of rotatable bonds is 2. The summed E-state index contributed by atoms with van der Waals surface area (Å²) in [6.45, 7) is 0. The highest BCUT2D eigenvalue weighted by atomic mass is 16.5. The summed E-state index contributed by atoms with van der Waals surface area (Å²) in [5, 5.41) is 10.1. The summed E-state index contributed by atoms with van der Waals surface area (Å²) in [6, 6.07) is 16.9. The summed E-state index contributed by atoms with van der Waals surface area (Å²) in [6.07, 6.45) is 4.87. The fourth-order valence-corrected chi connectivity index (χ4v) is 2.68. The predicted molar refractivity (Wildman–Crippen MR) is 92.0 cm³/mol. The van der Waals surface area contributed by atoms with E-state index in [9.17, 15) is 9.90 Å². The molecular formula is C20H13NO3. The van der Waals surface area contributed by atoms with Gasteiger partial charge >= 0.3 is 5.95 Å². The molecule has 0 fully saturated rings. The van der Waals surface area contributed by atoms with Crippen LogP contribution >= 0.6 is 0 Å². The van der Waals surface area contributed by atoms with Crippen LogP contribution in [0.1, 0.15) is 16.8 Å². The van der Waals surface area contributed by atoms with Gasteiger partial charge in [-0.1, -0.05) is 48.5 Å². The second kappa shape index (κ2) is 5.66. The van der Waals surface area contributed by atoms with Crippen molar-refractivity contribution in [2.24, 2.45) is 0 Å². The molecular weight excluding hydrogens is 302 g/mol. The maximum absolute atomic E-state index is 12.3. The van der Waals surface area contributed by atoms with Crippen LogP contribution in [0.2, 0.25) is 0 Å². The molecule has 0 amide bonds. The van der Waals surface area contributed by atoms with E-state index in [0.717, 1.165) is 16.7 Å². The van der Waals surface area contributed by atoms with Crippen LogP contribution in [0, 0.1) is 0 Å². The SMILES string of the molecule is O=C1C=Cc2ccccc2/C1=C/c1nc(-c2ccccc2)oc1O. The monoisotopic (exact) mass is 315 g/mol. The minimum atomic E-state index is -0.304. The van der Waals surface area contributed by atoms with Gasteiger partial charge in [-0.3, -0.25) is 4.79 Å². The van der Waals surface area contributed by atoms with E-state index in [4.69, 9.17) is 4.42 Å². The van der Waals surface area contributed by atoms with Crippen molar-refractivity contribution in [3.05, 3.63) is 77.5 Å². The van der Waals surface area contributed by atoms with E-state index in [-0.39, 0.29) is 17.4 Å². The zero-order chi connectivity index (χ0) is 16.5. The second-order valence-electron chi connectivity index (χ2n) is 5.42. The number of hydrogen-bond acceptors (Lipinski definition) is 4. The Bertz CT molecular complexity index is 981. The van der Waals surface area contributed by atoms with Crippen LogP contribution < -0.4 is 0 Å². The van der Waals surface area contributed by atoms with Crippen molar-refractivity contribution in [2.75, 3.05) is 0 Å². The zero-order valence-electron chi connectivity index (χ0n) is 12.6. The molecule has 0 aliphatic heterocycles. The largest absolute Gasteiger partial charge is 0.479 e. The third-order valence-electron chi connectivity index (χ3n) is 3.87. The van der Waals surface area contributed by atoms with Crippen molar-refractivity contribution in [1.29, 1.82) is 0 Å². The van der Waals surface area contributed by atoms with Crippen LogP contribution in [0.25, 0.3) is 29.2 Å². The quantitative estimate of drug-likeness (QED) is 0.720. The van der Waals surface area contributed by atoms with Crippen molar-refractivity contribution in [3.63, 3.8) is 0 Å². The lowest BCUT2D eigenvalue weighted by Gasteiger charge is -2.12. The Morgan fingerprint density at radius 3 is 2.54 bits per heavy atom. The topological polar surface area (TPSA) is 63.3 Å². The number of nitrogens with zero attached hydrogens (tertiary/aromatic N) is 1. The van der Waals surface area contributed by atoms with Gasteiger partial charge in [0.15, 0.2) is 5.78 Å². The molecule has 0 saturated heterocycles. The number of ketones is 1. The fraction of sp³-hybridized carbons (Fsp3) is 0. The molecule has 1 aliphatic carbocycles. The number of fused-ring (bicyclic) bond motifs is 1. The molecule has 3 aromatic rings. The molecule has 0 spiro atoms. The maximum atomic E-state index is 12.3. The number of aromatic nitrogens is 1. The van der Waals surface area contributed by atoms with Gasteiger partial charge in [0, 0.05) is 11.1 Å². The van der Waals surface area contributed by atoms with Crippen molar-refractivity contribution < 1.29 is 14.3 Å². The molecule has 2 aromatic carbocycles. The minimum absolute atomic E-state index is 0.127. The lowest BCUT2D eigenvalue weighted by molar-refractivity contribution is -0.109. The van der Waals surface area contributed by atoms with E-state index in [0.29, 0.717) is 11.5 Å². The van der Waals surface area contributed by atoms with Gasteiger partial charge in [0.25, 0.3) is 0 Å². The molecule has 1 aromatic heterocycles. The number of carbonyl (C=O) groups is 1. The molecule has 1 N–H and O–H groups in total. The van der Waals surface area contributed by atoms with Crippen molar-refractivity contribution in [1.82, 2.24) is 4.98 Å². The van der Waals surface area contributed by atoms with Crippen LogP contribution in [-0.2, 0) is 4.79 Å². The molecule has 0 unspecified atom stereocenters. The van der Waals surface area contributed by atoms with Crippen LogP contribution in [0.5, 0.6) is 5.95 Å². The van der Waals surface area contributed by atoms with E-state index >= 15 is 0 Å². The van der Waals surface area contributed by atoms with E-state index in [1.807, 2.05) is 54.6 Å². The average Bonchev–Trinajstić information content (AvgIpc) is 2.99. The fourth-order valence-electron chi connectivity index (χ4n) is 2.68. The van der Waals surface area contributed by atoms with Gasteiger partial charge in [-0.15, -0.1) is 0 Å². The number of allylic oxidation sites excluding steroid dienone is 2. The average molecular weight is 315 g/mol. The highest BCUT2D eigenvalue weighted by Gasteiger charge is 2.19. The Kier molecular flexibility index (Phi) is 3.35. The lowest BCUT2D eigenvalue weighted by atomic mass is 9.91.